The second-order valence-electron chi connectivity index (χ2n) is 4.39. The molecule has 19 heavy (non-hydrogen) atoms. The molecule has 2 heterocycles. The molecule has 2 aromatic rings. The van der Waals surface area contributed by atoms with Gasteiger partial charge in [0, 0.05) is 6.20 Å². The van der Waals surface area contributed by atoms with E-state index in [0.717, 1.165) is 5.56 Å². The highest BCUT2D eigenvalue weighted by molar-refractivity contribution is 5.88. The van der Waals surface area contributed by atoms with Gasteiger partial charge < -0.3 is 9.72 Å². The quantitative estimate of drug-likeness (QED) is 0.848. The molecular formula is C13H15N3O3. The highest BCUT2D eigenvalue weighted by Gasteiger charge is 2.16. The third-order valence-corrected chi connectivity index (χ3v) is 2.73. The lowest BCUT2D eigenvalue weighted by Crippen LogP contribution is -2.19. The fraction of sp³-hybridized carbons (Fsp3) is 0.385. The predicted molar refractivity (Wildman–Crippen MR) is 70.2 cm³/mol. The molecule has 100 valence electrons. The molecule has 0 aliphatic carbocycles. The zero-order valence-electron chi connectivity index (χ0n) is 11.1. The maximum atomic E-state index is 12.1. The van der Waals surface area contributed by atoms with Crippen LogP contribution in [0.15, 0.2) is 17.1 Å². The minimum Gasteiger partial charge on any atom is -0.460 e. The first-order valence-electron chi connectivity index (χ1n) is 6.10. The lowest BCUT2D eigenvalue weighted by atomic mass is 10.0. The van der Waals surface area contributed by atoms with Crippen LogP contribution in [0, 0.1) is 0 Å². The van der Waals surface area contributed by atoms with Gasteiger partial charge in [0.05, 0.1) is 12.0 Å². The van der Waals surface area contributed by atoms with Crippen molar-refractivity contribution < 1.29 is 9.53 Å². The molecule has 0 saturated heterocycles. The van der Waals surface area contributed by atoms with E-state index in [9.17, 15) is 9.59 Å². The number of pyridine rings is 1. The van der Waals surface area contributed by atoms with Gasteiger partial charge in [0.1, 0.15) is 0 Å². The number of ether oxygens (including phenoxy) is 1. The van der Waals surface area contributed by atoms with Crippen LogP contribution in [-0.2, 0) is 4.74 Å². The van der Waals surface area contributed by atoms with E-state index in [2.05, 4.69) is 15.0 Å². The summed E-state index contributed by atoms with van der Waals surface area (Å²) in [5, 5.41) is 0.422. The molecule has 0 aliphatic rings. The lowest BCUT2D eigenvalue weighted by molar-refractivity contribution is 0.0512. The summed E-state index contributed by atoms with van der Waals surface area (Å²) < 4.78 is 4.81. The van der Waals surface area contributed by atoms with E-state index in [1.165, 1.54) is 0 Å². The van der Waals surface area contributed by atoms with Crippen molar-refractivity contribution in [2.75, 3.05) is 6.61 Å². The molecule has 2 aromatic heterocycles. The molecule has 6 nitrogen and oxygen atoms in total. The van der Waals surface area contributed by atoms with Crippen LogP contribution in [0.1, 0.15) is 42.9 Å². The smallest absolute Gasteiger partial charge is 0.374 e. The molecule has 0 fully saturated rings. The second-order valence-corrected chi connectivity index (χ2v) is 4.39. The molecular weight excluding hydrogens is 246 g/mol. The van der Waals surface area contributed by atoms with Crippen molar-refractivity contribution in [2.24, 2.45) is 0 Å². The van der Waals surface area contributed by atoms with Gasteiger partial charge in [-0.2, -0.15) is 0 Å². The van der Waals surface area contributed by atoms with Gasteiger partial charge in [0.2, 0.25) is 5.82 Å². The van der Waals surface area contributed by atoms with E-state index < -0.39 is 5.97 Å². The molecule has 0 saturated carbocycles. The predicted octanol–water partition coefficient (Wildman–Crippen LogP) is 1.62. The summed E-state index contributed by atoms with van der Waals surface area (Å²) in [6.07, 6.45) is 1.58. The zero-order chi connectivity index (χ0) is 14.0. The van der Waals surface area contributed by atoms with Crippen LogP contribution in [0.25, 0.3) is 11.0 Å². The van der Waals surface area contributed by atoms with Crippen molar-refractivity contribution in [1.82, 2.24) is 15.0 Å². The number of aromatic nitrogens is 3. The van der Waals surface area contributed by atoms with Gasteiger partial charge in [-0.3, -0.25) is 4.79 Å². The Kier molecular flexibility index (Phi) is 3.59. The number of fused-ring (bicyclic) bond motifs is 1. The van der Waals surface area contributed by atoms with E-state index in [0.29, 0.717) is 5.39 Å². The van der Waals surface area contributed by atoms with E-state index >= 15 is 0 Å². The van der Waals surface area contributed by atoms with Crippen molar-refractivity contribution >= 4 is 17.0 Å². The molecule has 0 aromatic carbocycles. The number of aromatic amines is 1. The van der Waals surface area contributed by atoms with E-state index in [1.54, 1.807) is 19.2 Å². The van der Waals surface area contributed by atoms with Crippen LogP contribution in [0.4, 0.5) is 0 Å². The zero-order valence-corrected chi connectivity index (χ0v) is 11.1. The van der Waals surface area contributed by atoms with Crippen LogP contribution in [-0.4, -0.2) is 27.5 Å². The molecule has 0 spiro atoms. The average Bonchev–Trinajstić information content (AvgIpc) is 2.38. The Bertz CT molecular complexity index is 676. The molecule has 1 N–H and O–H groups in total. The normalized spacial score (nSPS) is 10.9. The summed E-state index contributed by atoms with van der Waals surface area (Å²) in [6, 6.07) is 1.79. The van der Waals surface area contributed by atoms with Crippen molar-refractivity contribution in [1.29, 1.82) is 0 Å². The highest BCUT2D eigenvalue weighted by atomic mass is 16.5. The number of carbonyl (C=O) groups excluding carboxylic acids is 1. The van der Waals surface area contributed by atoms with Gasteiger partial charge in [0.15, 0.2) is 5.65 Å². The summed E-state index contributed by atoms with van der Waals surface area (Å²) in [5.41, 5.74) is 0.747. The number of H-pyrrole nitrogens is 1. The van der Waals surface area contributed by atoms with E-state index in [-0.39, 0.29) is 29.6 Å². The Morgan fingerprint density at radius 1 is 1.47 bits per heavy atom. The fourth-order valence-electron chi connectivity index (χ4n) is 1.86. The number of rotatable bonds is 3. The topological polar surface area (TPSA) is 84.9 Å². The molecule has 0 aliphatic heterocycles. The number of hydrogen-bond donors (Lipinski definition) is 1. The van der Waals surface area contributed by atoms with Gasteiger partial charge in [-0.25, -0.2) is 14.8 Å². The van der Waals surface area contributed by atoms with Crippen LogP contribution in [0.5, 0.6) is 0 Å². The van der Waals surface area contributed by atoms with Gasteiger partial charge in [-0.1, -0.05) is 13.8 Å². The standard InChI is InChI=1S/C13H15N3O3/c1-4-19-13(18)11-15-10-9(12(17)16-11)8(7(2)3)5-6-14-10/h5-7H,4H2,1-3H3,(H,14,15,16,17). The van der Waals surface area contributed by atoms with Gasteiger partial charge >= 0.3 is 5.97 Å². The Morgan fingerprint density at radius 2 is 2.21 bits per heavy atom. The molecule has 0 radical (unpaired) electrons. The summed E-state index contributed by atoms with van der Waals surface area (Å²) in [4.78, 5) is 34.2. The maximum absolute atomic E-state index is 12.1. The van der Waals surface area contributed by atoms with Crippen LogP contribution >= 0.6 is 0 Å². The molecule has 0 bridgehead atoms. The first-order chi connectivity index (χ1) is 9.04. The Morgan fingerprint density at radius 3 is 2.84 bits per heavy atom. The largest absolute Gasteiger partial charge is 0.460 e. The number of hydrogen-bond acceptors (Lipinski definition) is 5. The highest BCUT2D eigenvalue weighted by Crippen LogP contribution is 2.19. The first-order valence-corrected chi connectivity index (χ1v) is 6.10. The Hall–Kier alpha value is -2.24. The number of carbonyl (C=O) groups is 1. The average molecular weight is 261 g/mol. The van der Waals surface area contributed by atoms with E-state index in [4.69, 9.17) is 4.74 Å². The minimum atomic E-state index is -0.654. The van der Waals surface area contributed by atoms with Crippen LogP contribution in [0.2, 0.25) is 0 Å². The Balaban J connectivity index is 2.66. The fourth-order valence-corrected chi connectivity index (χ4v) is 1.86. The molecule has 0 unspecified atom stereocenters. The molecule has 2 rings (SSSR count). The third-order valence-electron chi connectivity index (χ3n) is 2.73. The summed E-state index contributed by atoms with van der Waals surface area (Å²) in [5.74, 6) is -0.604. The summed E-state index contributed by atoms with van der Waals surface area (Å²) in [7, 11) is 0. The van der Waals surface area contributed by atoms with Gasteiger partial charge in [-0.15, -0.1) is 0 Å². The lowest BCUT2D eigenvalue weighted by Gasteiger charge is -2.08. The third kappa shape index (κ3) is 2.47. The van der Waals surface area contributed by atoms with E-state index in [1.807, 2.05) is 13.8 Å². The van der Waals surface area contributed by atoms with Crippen molar-refractivity contribution in [3.05, 3.63) is 34.0 Å². The number of nitrogens with zero attached hydrogens (tertiary/aromatic N) is 2. The Labute approximate surface area is 109 Å². The van der Waals surface area contributed by atoms with Crippen molar-refractivity contribution in [3.8, 4) is 0 Å². The SMILES string of the molecule is CCOC(=O)c1nc2nccc(C(C)C)c2c(=O)[nH]1. The second kappa shape index (κ2) is 5.17. The maximum Gasteiger partial charge on any atom is 0.374 e. The number of nitrogens with one attached hydrogen (secondary N) is 1. The van der Waals surface area contributed by atoms with Crippen LogP contribution < -0.4 is 5.56 Å². The van der Waals surface area contributed by atoms with Gasteiger partial charge in [-0.05, 0) is 24.5 Å². The summed E-state index contributed by atoms with van der Waals surface area (Å²) in [6.45, 7) is 5.87. The molecule has 0 atom stereocenters. The number of esters is 1. The van der Waals surface area contributed by atoms with Crippen molar-refractivity contribution in [2.45, 2.75) is 26.7 Å². The van der Waals surface area contributed by atoms with Crippen LogP contribution in [0.3, 0.4) is 0 Å². The molecule has 6 heteroatoms. The summed E-state index contributed by atoms with van der Waals surface area (Å²) >= 11 is 0. The molecule has 0 amide bonds. The monoisotopic (exact) mass is 261 g/mol. The minimum absolute atomic E-state index is 0.118. The van der Waals surface area contributed by atoms with Gasteiger partial charge in [0.25, 0.3) is 5.56 Å². The first kappa shape index (κ1) is 13.2. The van der Waals surface area contributed by atoms with Crippen molar-refractivity contribution in [3.63, 3.8) is 0 Å².